The molecular weight excluding hydrogens is 274 g/mol. The van der Waals surface area contributed by atoms with Crippen molar-refractivity contribution in [3.63, 3.8) is 0 Å². The van der Waals surface area contributed by atoms with Crippen LogP contribution in [0, 0.1) is 13.8 Å². The molecule has 4 heteroatoms. The van der Waals surface area contributed by atoms with Crippen LogP contribution in [0.2, 0.25) is 0 Å². The predicted octanol–water partition coefficient (Wildman–Crippen LogP) is 3.19. The Labute approximate surface area is 132 Å². The maximum Gasteiger partial charge on any atom is 0.227 e. The van der Waals surface area contributed by atoms with Crippen LogP contribution in [-0.4, -0.2) is 22.2 Å². The molecule has 22 heavy (non-hydrogen) atoms. The highest BCUT2D eigenvalue weighted by Gasteiger charge is 2.16. The fourth-order valence-corrected chi connectivity index (χ4v) is 2.63. The second-order valence-corrected chi connectivity index (χ2v) is 5.40. The Bertz CT molecular complexity index is 658. The molecule has 0 aliphatic heterocycles. The first-order chi connectivity index (χ1) is 10.5. The normalized spacial score (nSPS) is 10.5. The molecule has 4 nitrogen and oxygen atoms in total. The Balaban J connectivity index is 2.10. The summed E-state index contributed by atoms with van der Waals surface area (Å²) >= 11 is 0. The van der Waals surface area contributed by atoms with E-state index in [1.54, 1.807) is 11.0 Å². The van der Waals surface area contributed by atoms with E-state index in [1.807, 2.05) is 55.9 Å². The van der Waals surface area contributed by atoms with Crippen molar-refractivity contribution in [2.45, 2.75) is 26.7 Å². The Kier molecular flexibility index (Phi) is 5.15. The molecule has 1 amide bonds. The van der Waals surface area contributed by atoms with Gasteiger partial charge in [0, 0.05) is 31.4 Å². The minimum atomic E-state index is 0.105. The van der Waals surface area contributed by atoms with Gasteiger partial charge in [-0.3, -0.25) is 9.48 Å². The van der Waals surface area contributed by atoms with Crippen molar-refractivity contribution in [2.75, 3.05) is 11.4 Å². The SMILES string of the molecule is C=CCN(C(=O)CCc1c(C)nn(C)c1C)c1ccccc1. The quantitative estimate of drug-likeness (QED) is 0.768. The lowest BCUT2D eigenvalue weighted by molar-refractivity contribution is -0.118. The molecular formula is C18H23N3O. The number of hydrogen-bond acceptors (Lipinski definition) is 2. The number of amides is 1. The zero-order chi connectivity index (χ0) is 16.1. The van der Waals surface area contributed by atoms with Crippen LogP contribution in [0.15, 0.2) is 43.0 Å². The number of rotatable bonds is 6. The van der Waals surface area contributed by atoms with E-state index in [1.165, 1.54) is 5.56 Å². The Hall–Kier alpha value is -2.36. The average molecular weight is 297 g/mol. The van der Waals surface area contributed by atoms with Crippen LogP contribution < -0.4 is 4.90 Å². The van der Waals surface area contributed by atoms with Gasteiger partial charge in [0.15, 0.2) is 0 Å². The van der Waals surface area contributed by atoms with E-state index in [0.29, 0.717) is 19.4 Å². The summed E-state index contributed by atoms with van der Waals surface area (Å²) in [5.41, 5.74) is 4.21. The summed E-state index contributed by atoms with van der Waals surface area (Å²) in [6.07, 6.45) is 2.94. The molecule has 1 aromatic carbocycles. The van der Waals surface area contributed by atoms with Crippen LogP contribution in [0.5, 0.6) is 0 Å². The molecule has 0 N–H and O–H groups in total. The number of carbonyl (C=O) groups is 1. The summed E-state index contributed by atoms with van der Waals surface area (Å²) in [5.74, 6) is 0.105. The number of para-hydroxylation sites is 1. The van der Waals surface area contributed by atoms with E-state index in [-0.39, 0.29) is 5.91 Å². The van der Waals surface area contributed by atoms with Gasteiger partial charge in [0.1, 0.15) is 0 Å². The molecule has 0 radical (unpaired) electrons. The molecule has 116 valence electrons. The third-order valence-corrected chi connectivity index (χ3v) is 3.93. The Morgan fingerprint density at radius 1 is 1.32 bits per heavy atom. The van der Waals surface area contributed by atoms with E-state index in [2.05, 4.69) is 11.7 Å². The molecule has 0 saturated carbocycles. The van der Waals surface area contributed by atoms with Crippen LogP contribution in [0.1, 0.15) is 23.4 Å². The maximum absolute atomic E-state index is 12.6. The molecule has 0 spiro atoms. The lowest BCUT2D eigenvalue weighted by Gasteiger charge is -2.21. The number of carbonyl (C=O) groups excluding carboxylic acids is 1. The monoisotopic (exact) mass is 297 g/mol. The molecule has 0 unspecified atom stereocenters. The highest BCUT2D eigenvalue weighted by molar-refractivity contribution is 5.93. The first-order valence-electron chi connectivity index (χ1n) is 7.50. The zero-order valence-corrected chi connectivity index (χ0v) is 13.5. The third-order valence-electron chi connectivity index (χ3n) is 3.93. The number of nitrogens with zero attached hydrogens (tertiary/aromatic N) is 3. The van der Waals surface area contributed by atoms with Crippen molar-refractivity contribution in [1.82, 2.24) is 9.78 Å². The summed E-state index contributed by atoms with van der Waals surface area (Å²) in [5, 5.41) is 4.40. The van der Waals surface area contributed by atoms with Gasteiger partial charge in [-0.1, -0.05) is 24.3 Å². The smallest absolute Gasteiger partial charge is 0.227 e. The van der Waals surface area contributed by atoms with Crippen molar-refractivity contribution in [3.8, 4) is 0 Å². The number of hydrogen-bond donors (Lipinski definition) is 0. The largest absolute Gasteiger partial charge is 0.309 e. The lowest BCUT2D eigenvalue weighted by Crippen LogP contribution is -2.31. The van der Waals surface area contributed by atoms with E-state index in [9.17, 15) is 4.79 Å². The number of benzene rings is 1. The van der Waals surface area contributed by atoms with Gasteiger partial charge in [0.25, 0.3) is 0 Å². The van der Waals surface area contributed by atoms with Gasteiger partial charge in [-0.15, -0.1) is 6.58 Å². The first kappa shape index (κ1) is 16.0. The molecule has 1 aromatic heterocycles. The van der Waals surface area contributed by atoms with Gasteiger partial charge < -0.3 is 4.90 Å². The molecule has 2 aromatic rings. The first-order valence-corrected chi connectivity index (χ1v) is 7.50. The Morgan fingerprint density at radius 3 is 2.55 bits per heavy atom. The van der Waals surface area contributed by atoms with Crippen LogP contribution in [0.3, 0.4) is 0 Å². The molecule has 0 bridgehead atoms. The van der Waals surface area contributed by atoms with Crippen molar-refractivity contribution in [2.24, 2.45) is 7.05 Å². The van der Waals surface area contributed by atoms with Crippen LogP contribution >= 0.6 is 0 Å². The summed E-state index contributed by atoms with van der Waals surface area (Å²) in [4.78, 5) is 14.4. The summed E-state index contributed by atoms with van der Waals surface area (Å²) in [6.45, 7) is 8.30. The van der Waals surface area contributed by atoms with Crippen LogP contribution in [-0.2, 0) is 18.3 Å². The fraction of sp³-hybridized carbons (Fsp3) is 0.333. The molecule has 1 heterocycles. The second-order valence-electron chi connectivity index (χ2n) is 5.40. The van der Waals surface area contributed by atoms with Gasteiger partial charge in [-0.25, -0.2) is 0 Å². The number of aryl methyl sites for hydroxylation is 2. The molecule has 0 aliphatic rings. The van der Waals surface area contributed by atoms with Crippen molar-refractivity contribution < 1.29 is 4.79 Å². The molecule has 2 rings (SSSR count). The van der Waals surface area contributed by atoms with Crippen molar-refractivity contribution in [1.29, 1.82) is 0 Å². The Morgan fingerprint density at radius 2 is 2.00 bits per heavy atom. The predicted molar refractivity (Wildman–Crippen MR) is 90.0 cm³/mol. The third kappa shape index (κ3) is 3.45. The van der Waals surface area contributed by atoms with Gasteiger partial charge in [-0.2, -0.15) is 5.10 Å². The van der Waals surface area contributed by atoms with Gasteiger partial charge >= 0.3 is 0 Å². The lowest BCUT2D eigenvalue weighted by atomic mass is 10.1. The van der Waals surface area contributed by atoms with E-state index >= 15 is 0 Å². The average Bonchev–Trinajstić information content (AvgIpc) is 2.76. The minimum Gasteiger partial charge on any atom is -0.309 e. The van der Waals surface area contributed by atoms with Crippen LogP contribution in [0.25, 0.3) is 0 Å². The van der Waals surface area contributed by atoms with Gasteiger partial charge in [-0.05, 0) is 38.0 Å². The maximum atomic E-state index is 12.6. The fourth-order valence-electron chi connectivity index (χ4n) is 2.63. The van der Waals surface area contributed by atoms with Gasteiger partial charge in [0.2, 0.25) is 5.91 Å². The number of anilines is 1. The summed E-state index contributed by atoms with van der Waals surface area (Å²) in [6, 6.07) is 9.72. The second kappa shape index (κ2) is 7.07. The van der Waals surface area contributed by atoms with Gasteiger partial charge in [0.05, 0.1) is 5.69 Å². The summed E-state index contributed by atoms with van der Waals surface area (Å²) in [7, 11) is 1.93. The molecule has 0 fully saturated rings. The number of aromatic nitrogens is 2. The van der Waals surface area contributed by atoms with E-state index in [0.717, 1.165) is 17.1 Å². The van der Waals surface area contributed by atoms with E-state index < -0.39 is 0 Å². The van der Waals surface area contributed by atoms with Crippen LogP contribution in [0.4, 0.5) is 5.69 Å². The van der Waals surface area contributed by atoms with E-state index in [4.69, 9.17) is 0 Å². The zero-order valence-electron chi connectivity index (χ0n) is 13.5. The minimum absolute atomic E-state index is 0.105. The molecule has 0 saturated heterocycles. The highest BCUT2D eigenvalue weighted by atomic mass is 16.2. The summed E-state index contributed by atoms with van der Waals surface area (Å²) < 4.78 is 1.87. The molecule has 0 atom stereocenters. The molecule has 0 aliphatic carbocycles. The van der Waals surface area contributed by atoms with Crippen molar-refractivity contribution >= 4 is 11.6 Å². The highest BCUT2D eigenvalue weighted by Crippen LogP contribution is 2.18. The standard InChI is InChI=1S/C18H23N3O/c1-5-13-21(16-9-7-6-8-10-16)18(22)12-11-17-14(2)19-20(4)15(17)3/h5-10H,1,11-13H2,2-4H3. The topological polar surface area (TPSA) is 38.1 Å². The van der Waals surface area contributed by atoms with Crippen molar-refractivity contribution in [3.05, 3.63) is 59.9 Å².